The predicted octanol–water partition coefficient (Wildman–Crippen LogP) is 3.55. The molecule has 1 aromatic carbocycles. The van der Waals surface area contributed by atoms with E-state index in [1.54, 1.807) is 6.20 Å². The van der Waals surface area contributed by atoms with Gasteiger partial charge < -0.3 is 15.1 Å². The molecule has 3 fully saturated rings. The molecule has 2 aliphatic heterocycles. The molecule has 3 aliphatic rings. The quantitative estimate of drug-likeness (QED) is 0.674. The molecular formula is C27H34N4O2. The Bertz CT molecular complexity index is 953. The van der Waals surface area contributed by atoms with E-state index in [-0.39, 0.29) is 23.3 Å². The van der Waals surface area contributed by atoms with Gasteiger partial charge in [-0.25, -0.2) is 0 Å². The van der Waals surface area contributed by atoms with Crippen molar-refractivity contribution in [1.82, 2.24) is 20.1 Å². The van der Waals surface area contributed by atoms with Crippen LogP contribution in [0, 0.1) is 11.3 Å². The van der Waals surface area contributed by atoms with Crippen molar-refractivity contribution in [2.24, 2.45) is 11.3 Å². The average Bonchev–Trinajstić information content (AvgIpc) is 3.67. The van der Waals surface area contributed by atoms with Crippen LogP contribution in [-0.2, 0) is 16.1 Å². The molecule has 1 N–H and O–H groups in total. The minimum absolute atomic E-state index is 0.0529. The lowest BCUT2D eigenvalue weighted by Crippen LogP contribution is -2.45. The standard InChI is InChI=1S/C27H34N4O2/c32-25(22-9-10-22)29-24(21-6-2-1-3-7-21)11-16-30-17-12-27(13-18-30)14-19-31(26(27)33)20-23-8-4-5-15-28-23/h1-8,15,22,24H,9-14,16-20H2,(H,29,32)/t24-/m0/s1. The van der Waals surface area contributed by atoms with E-state index in [9.17, 15) is 9.59 Å². The summed E-state index contributed by atoms with van der Waals surface area (Å²) in [6.45, 7) is 4.28. The number of hydrogen-bond acceptors (Lipinski definition) is 4. The molecule has 1 aromatic heterocycles. The van der Waals surface area contributed by atoms with Crippen molar-refractivity contribution >= 4 is 11.8 Å². The molecule has 1 atom stereocenters. The van der Waals surface area contributed by atoms with E-state index in [2.05, 4.69) is 27.3 Å². The van der Waals surface area contributed by atoms with Crippen LogP contribution in [0.5, 0.6) is 0 Å². The number of amides is 2. The van der Waals surface area contributed by atoms with Crippen LogP contribution >= 0.6 is 0 Å². The van der Waals surface area contributed by atoms with Gasteiger partial charge in [-0.3, -0.25) is 14.6 Å². The maximum atomic E-state index is 13.3. The monoisotopic (exact) mass is 446 g/mol. The van der Waals surface area contributed by atoms with Gasteiger partial charge in [-0.1, -0.05) is 36.4 Å². The minimum atomic E-state index is -0.190. The number of hydrogen-bond donors (Lipinski definition) is 1. The van der Waals surface area contributed by atoms with Crippen molar-refractivity contribution in [2.45, 2.75) is 51.1 Å². The molecule has 0 radical (unpaired) electrons. The van der Waals surface area contributed by atoms with Gasteiger partial charge in [0.2, 0.25) is 11.8 Å². The van der Waals surface area contributed by atoms with Gasteiger partial charge in [-0.2, -0.15) is 0 Å². The Morgan fingerprint density at radius 2 is 1.76 bits per heavy atom. The summed E-state index contributed by atoms with van der Waals surface area (Å²) in [5, 5.41) is 3.29. The zero-order valence-electron chi connectivity index (χ0n) is 19.3. The van der Waals surface area contributed by atoms with Gasteiger partial charge >= 0.3 is 0 Å². The van der Waals surface area contributed by atoms with Gasteiger partial charge in [-0.05, 0) is 69.3 Å². The summed E-state index contributed by atoms with van der Waals surface area (Å²) >= 11 is 0. The summed E-state index contributed by atoms with van der Waals surface area (Å²) < 4.78 is 0. The Hall–Kier alpha value is -2.73. The van der Waals surface area contributed by atoms with E-state index < -0.39 is 0 Å². The van der Waals surface area contributed by atoms with E-state index in [0.29, 0.717) is 12.5 Å². The van der Waals surface area contributed by atoms with Gasteiger partial charge in [0, 0.05) is 25.2 Å². The van der Waals surface area contributed by atoms with Crippen molar-refractivity contribution < 1.29 is 9.59 Å². The van der Waals surface area contributed by atoms with E-state index in [0.717, 1.165) is 70.4 Å². The highest BCUT2D eigenvalue weighted by molar-refractivity contribution is 5.85. The highest BCUT2D eigenvalue weighted by atomic mass is 16.2. The molecule has 0 unspecified atom stereocenters. The molecule has 6 nitrogen and oxygen atoms in total. The van der Waals surface area contributed by atoms with Crippen LogP contribution in [0.3, 0.4) is 0 Å². The van der Waals surface area contributed by atoms with Crippen molar-refractivity contribution in [1.29, 1.82) is 0 Å². The van der Waals surface area contributed by atoms with Crippen LogP contribution in [0.4, 0.5) is 0 Å². The van der Waals surface area contributed by atoms with Crippen LogP contribution in [-0.4, -0.2) is 52.8 Å². The fourth-order valence-electron chi connectivity index (χ4n) is 5.35. The third kappa shape index (κ3) is 5.11. The summed E-state index contributed by atoms with van der Waals surface area (Å²) in [5.74, 6) is 0.728. The largest absolute Gasteiger partial charge is 0.349 e. The fourth-order valence-corrected chi connectivity index (χ4v) is 5.35. The van der Waals surface area contributed by atoms with Gasteiger partial charge in [0.25, 0.3) is 0 Å². The van der Waals surface area contributed by atoms with Crippen LogP contribution in [0.25, 0.3) is 0 Å². The molecule has 0 bridgehead atoms. The van der Waals surface area contributed by atoms with Crippen molar-refractivity contribution in [3.05, 3.63) is 66.0 Å². The van der Waals surface area contributed by atoms with Crippen LogP contribution in [0.15, 0.2) is 54.7 Å². The first kappa shape index (κ1) is 22.1. The minimum Gasteiger partial charge on any atom is -0.349 e. The molecule has 33 heavy (non-hydrogen) atoms. The first-order chi connectivity index (χ1) is 16.1. The summed E-state index contributed by atoms with van der Waals surface area (Å²) in [7, 11) is 0. The first-order valence-corrected chi connectivity index (χ1v) is 12.4. The Kier molecular flexibility index (Phi) is 6.45. The van der Waals surface area contributed by atoms with E-state index in [4.69, 9.17) is 0 Å². The van der Waals surface area contributed by atoms with Gasteiger partial charge in [0.1, 0.15) is 0 Å². The zero-order valence-corrected chi connectivity index (χ0v) is 19.3. The second-order valence-corrected chi connectivity index (χ2v) is 9.95. The second-order valence-electron chi connectivity index (χ2n) is 9.95. The molecule has 174 valence electrons. The first-order valence-electron chi connectivity index (χ1n) is 12.4. The molecule has 3 heterocycles. The van der Waals surface area contributed by atoms with E-state index in [1.807, 2.05) is 41.3 Å². The van der Waals surface area contributed by atoms with Crippen molar-refractivity contribution in [3.8, 4) is 0 Å². The second kappa shape index (κ2) is 9.64. The van der Waals surface area contributed by atoms with Crippen LogP contribution in [0.1, 0.15) is 55.8 Å². The Balaban J connectivity index is 1.14. The van der Waals surface area contributed by atoms with Crippen molar-refractivity contribution in [3.63, 3.8) is 0 Å². The van der Waals surface area contributed by atoms with E-state index >= 15 is 0 Å². The molecule has 6 heteroatoms. The zero-order chi connectivity index (χ0) is 22.7. The number of rotatable bonds is 8. The number of carbonyl (C=O) groups is 2. The van der Waals surface area contributed by atoms with Gasteiger partial charge in [-0.15, -0.1) is 0 Å². The third-order valence-electron chi connectivity index (χ3n) is 7.69. The number of likely N-dealkylation sites (tertiary alicyclic amines) is 2. The number of piperidine rings is 1. The Labute approximate surface area is 196 Å². The molecule has 1 aliphatic carbocycles. The van der Waals surface area contributed by atoms with E-state index in [1.165, 1.54) is 5.56 Å². The van der Waals surface area contributed by atoms with Gasteiger partial charge in [0.15, 0.2) is 0 Å². The summed E-state index contributed by atoms with van der Waals surface area (Å²) in [5.41, 5.74) is 1.95. The lowest BCUT2D eigenvalue weighted by Gasteiger charge is -2.38. The smallest absolute Gasteiger partial charge is 0.229 e. The Morgan fingerprint density at radius 1 is 1.03 bits per heavy atom. The SMILES string of the molecule is O=C(N[C@@H](CCN1CCC2(CC1)CCN(Cc1ccccn1)C2=O)c1ccccc1)C1CC1. The number of nitrogens with zero attached hydrogens (tertiary/aromatic N) is 3. The summed E-state index contributed by atoms with van der Waals surface area (Å²) in [6.07, 6.45) is 7.54. The highest BCUT2D eigenvalue weighted by Crippen LogP contribution is 2.42. The summed E-state index contributed by atoms with van der Waals surface area (Å²) in [4.78, 5) is 34.6. The molecular weight excluding hydrogens is 412 g/mol. The van der Waals surface area contributed by atoms with Crippen LogP contribution < -0.4 is 5.32 Å². The molecule has 2 aromatic rings. The number of nitrogens with one attached hydrogen (secondary N) is 1. The predicted molar refractivity (Wildman–Crippen MR) is 127 cm³/mol. The Morgan fingerprint density at radius 3 is 2.45 bits per heavy atom. The molecule has 2 amide bonds. The fraction of sp³-hybridized carbons (Fsp3) is 0.519. The number of benzene rings is 1. The number of pyridine rings is 1. The van der Waals surface area contributed by atoms with Crippen LogP contribution in [0.2, 0.25) is 0 Å². The highest BCUT2D eigenvalue weighted by Gasteiger charge is 2.48. The molecule has 5 rings (SSSR count). The number of aromatic nitrogens is 1. The average molecular weight is 447 g/mol. The lowest BCUT2D eigenvalue weighted by atomic mass is 9.77. The lowest BCUT2D eigenvalue weighted by molar-refractivity contribution is -0.139. The third-order valence-corrected chi connectivity index (χ3v) is 7.69. The molecule has 1 saturated carbocycles. The normalized spacial score (nSPS) is 21.3. The molecule has 2 saturated heterocycles. The number of carbonyl (C=O) groups excluding carboxylic acids is 2. The maximum absolute atomic E-state index is 13.3. The van der Waals surface area contributed by atoms with Crippen molar-refractivity contribution in [2.75, 3.05) is 26.2 Å². The maximum Gasteiger partial charge on any atom is 0.229 e. The molecule has 1 spiro atoms. The van der Waals surface area contributed by atoms with Gasteiger partial charge in [0.05, 0.1) is 23.7 Å². The topological polar surface area (TPSA) is 65.5 Å². The summed E-state index contributed by atoms with van der Waals surface area (Å²) in [6, 6.07) is 16.2.